The average molecular weight is 197 g/mol. The van der Waals surface area contributed by atoms with Crippen molar-refractivity contribution in [2.24, 2.45) is 0 Å². The van der Waals surface area contributed by atoms with E-state index in [1.807, 2.05) is 0 Å². The molecular formula is C12H23NO. The highest BCUT2D eigenvalue weighted by molar-refractivity contribution is 5.05. The molecule has 0 aromatic rings. The van der Waals surface area contributed by atoms with Crippen molar-refractivity contribution in [2.75, 3.05) is 20.2 Å². The smallest absolute Gasteiger partial charge is 0.0667 e. The molecule has 2 heteroatoms. The minimum atomic E-state index is 0.329. The summed E-state index contributed by atoms with van der Waals surface area (Å²) in [7, 11) is 1.76. The summed E-state index contributed by atoms with van der Waals surface area (Å²) in [6, 6.07) is 0. The van der Waals surface area contributed by atoms with Crippen LogP contribution in [0, 0.1) is 0 Å². The van der Waals surface area contributed by atoms with Crippen LogP contribution in [0.1, 0.15) is 39.0 Å². The van der Waals surface area contributed by atoms with Gasteiger partial charge in [0.15, 0.2) is 0 Å². The zero-order valence-electron chi connectivity index (χ0n) is 9.51. The Morgan fingerprint density at radius 2 is 2.36 bits per heavy atom. The van der Waals surface area contributed by atoms with Gasteiger partial charge in [0, 0.05) is 13.7 Å². The number of ether oxygens (including phenoxy) is 1. The molecule has 1 N–H and O–H groups in total. The summed E-state index contributed by atoms with van der Waals surface area (Å²) < 4.78 is 5.17. The van der Waals surface area contributed by atoms with Gasteiger partial charge in [-0.2, -0.15) is 0 Å². The Hall–Kier alpha value is -0.340. The Kier molecular flexibility index (Phi) is 5.88. The molecule has 0 aromatic carbocycles. The SMILES string of the molecule is COC(C)CNCCC1=CCCCC1. The Bertz CT molecular complexity index is 177. The van der Waals surface area contributed by atoms with Gasteiger partial charge >= 0.3 is 0 Å². The van der Waals surface area contributed by atoms with Crippen LogP contribution in [0.15, 0.2) is 11.6 Å². The molecule has 0 spiro atoms. The fourth-order valence-electron chi connectivity index (χ4n) is 1.77. The lowest BCUT2D eigenvalue weighted by atomic mass is 9.97. The van der Waals surface area contributed by atoms with E-state index in [9.17, 15) is 0 Å². The van der Waals surface area contributed by atoms with E-state index >= 15 is 0 Å². The predicted octanol–water partition coefficient (Wildman–Crippen LogP) is 2.50. The largest absolute Gasteiger partial charge is 0.380 e. The molecule has 1 aliphatic rings. The van der Waals surface area contributed by atoms with E-state index in [1.165, 1.54) is 32.1 Å². The fourth-order valence-corrected chi connectivity index (χ4v) is 1.77. The van der Waals surface area contributed by atoms with Crippen molar-refractivity contribution < 1.29 is 4.74 Å². The van der Waals surface area contributed by atoms with E-state index in [4.69, 9.17) is 4.74 Å². The standard InChI is InChI=1S/C12H23NO/c1-11(14-2)10-13-9-8-12-6-4-3-5-7-12/h6,11,13H,3-5,7-10H2,1-2H3. The van der Waals surface area contributed by atoms with Crippen LogP contribution in [-0.4, -0.2) is 26.3 Å². The van der Waals surface area contributed by atoms with Crippen LogP contribution in [0.4, 0.5) is 0 Å². The third-order valence-corrected chi connectivity index (χ3v) is 2.84. The topological polar surface area (TPSA) is 21.3 Å². The molecule has 0 amide bonds. The molecule has 0 fully saturated rings. The first-order valence-corrected chi connectivity index (χ1v) is 5.74. The minimum absolute atomic E-state index is 0.329. The molecule has 0 heterocycles. The quantitative estimate of drug-likeness (QED) is 0.522. The second-order valence-corrected chi connectivity index (χ2v) is 4.11. The molecule has 1 rings (SSSR count). The van der Waals surface area contributed by atoms with E-state index in [2.05, 4.69) is 18.3 Å². The van der Waals surface area contributed by atoms with Gasteiger partial charge in [-0.25, -0.2) is 0 Å². The molecule has 0 bridgehead atoms. The van der Waals surface area contributed by atoms with Crippen LogP contribution in [-0.2, 0) is 4.74 Å². The van der Waals surface area contributed by atoms with E-state index in [1.54, 1.807) is 12.7 Å². The van der Waals surface area contributed by atoms with E-state index in [0.29, 0.717) is 6.10 Å². The summed E-state index contributed by atoms with van der Waals surface area (Å²) in [5.74, 6) is 0. The second kappa shape index (κ2) is 7.02. The number of methoxy groups -OCH3 is 1. The molecule has 0 saturated carbocycles. The van der Waals surface area contributed by atoms with Gasteiger partial charge in [-0.3, -0.25) is 0 Å². The number of allylic oxidation sites excluding steroid dienone is 1. The molecule has 1 unspecified atom stereocenters. The van der Waals surface area contributed by atoms with Crippen LogP contribution in [0.5, 0.6) is 0 Å². The van der Waals surface area contributed by atoms with Crippen LogP contribution >= 0.6 is 0 Å². The first-order chi connectivity index (χ1) is 6.83. The third-order valence-electron chi connectivity index (χ3n) is 2.84. The number of rotatable bonds is 6. The maximum Gasteiger partial charge on any atom is 0.0667 e. The summed E-state index contributed by atoms with van der Waals surface area (Å²) in [6.07, 6.45) is 9.36. The summed E-state index contributed by atoms with van der Waals surface area (Å²) in [5.41, 5.74) is 1.65. The highest BCUT2D eigenvalue weighted by Gasteiger charge is 2.03. The minimum Gasteiger partial charge on any atom is -0.380 e. The van der Waals surface area contributed by atoms with Gasteiger partial charge in [-0.05, 0) is 45.6 Å². The Morgan fingerprint density at radius 1 is 1.50 bits per heavy atom. The predicted molar refractivity (Wildman–Crippen MR) is 60.5 cm³/mol. The van der Waals surface area contributed by atoms with E-state index in [-0.39, 0.29) is 0 Å². The maximum atomic E-state index is 5.17. The lowest BCUT2D eigenvalue weighted by Crippen LogP contribution is -2.27. The second-order valence-electron chi connectivity index (χ2n) is 4.11. The molecule has 1 atom stereocenters. The maximum absolute atomic E-state index is 5.17. The first-order valence-electron chi connectivity index (χ1n) is 5.74. The zero-order valence-corrected chi connectivity index (χ0v) is 9.51. The third kappa shape index (κ3) is 4.77. The van der Waals surface area contributed by atoms with Crippen molar-refractivity contribution in [3.05, 3.63) is 11.6 Å². The highest BCUT2D eigenvalue weighted by Crippen LogP contribution is 2.19. The Labute approximate surface area is 87.7 Å². The van der Waals surface area contributed by atoms with E-state index in [0.717, 1.165) is 13.1 Å². The van der Waals surface area contributed by atoms with Gasteiger partial charge < -0.3 is 10.1 Å². The molecule has 0 saturated heterocycles. The van der Waals surface area contributed by atoms with Gasteiger partial charge in [0.2, 0.25) is 0 Å². The Balaban J connectivity index is 2.00. The van der Waals surface area contributed by atoms with Crippen molar-refractivity contribution in [1.82, 2.24) is 5.32 Å². The summed E-state index contributed by atoms with van der Waals surface area (Å²) in [6.45, 7) is 4.15. The number of nitrogens with one attached hydrogen (secondary N) is 1. The molecule has 82 valence electrons. The summed E-state index contributed by atoms with van der Waals surface area (Å²) in [5, 5.41) is 3.42. The van der Waals surface area contributed by atoms with Gasteiger partial charge in [-0.15, -0.1) is 0 Å². The van der Waals surface area contributed by atoms with Crippen LogP contribution < -0.4 is 5.32 Å². The van der Waals surface area contributed by atoms with Gasteiger partial charge in [0.25, 0.3) is 0 Å². The molecule has 0 radical (unpaired) electrons. The van der Waals surface area contributed by atoms with Crippen LogP contribution in [0.3, 0.4) is 0 Å². The van der Waals surface area contributed by atoms with Crippen molar-refractivity contribution in [2.45, 2.75) is 45.1 Å². The number of hydrogen-bond acceptors (Lipinski definition) is 2. The Morgan fingerprint density at radius 3 is 3.00 bits per heavy atom. The summed E-state index contributed by atoms with van der Waals surface area (Å²) >= 11 is 0. The van der Waals surface area contributed by atoms with Crippen LogP contribution in [0.2, 0.25) is 0 Å². The molecular weight excluding hydrogens is 174 g/mol. The van der Waals surface area contributed by atoms with Gasteiger partial charge in [0.05, 0.1) is 6.10 Å². The van der Waals surface area contributed by atoms with Gasteiger partial charge in [-0.1, -0.05) is 11.6 Å². The lowest BCUT2D eigenvalue weighted by molar-refractivity contribution is 0.117. The molecule has 1 aliphatic carbocycles. The molecule has 0 aliphatic heterocycles. The van der Waals surface area contributed by atoms with Crippen molar-refractivity contribution in [1.29, 1.82) is 0 Å². The van der Waals surface area contributed by atoms with Gasteiger partial charge in [0.1, 0.15) is 0 Å². The molecule has 2 nitrogen and oxygen atoms in total. The van der Waals surface area contributed by atoms with Crippen molar-refractivity contribution >= 4 is 0 Å². The average Bonchev–Trinajstić information content (AvgIpc) is 2.25. The monoisotopic (exact) mass is 197 g/mol. The molecule has 14 heavy (non-hydrogen) atoms. The highest BCUT2D eigenvalue weighted by atomic mass is 16.5. The normalized spacial score (nSPS) is 19.1. The van der Waals surface area contributed by atoms with Crippen molar-refractivity contribution in [3.63, 3.8) is 0 Å². The molecule has 0 aromatic heterocycles. The first kappa shape index (κ1) is 11.7. The van der Waals surface area contributed by atoms with E-state index < -0.39 is 0 Å². The van der Waals surface area contributed by atoms with Crippen molar-refractivity contribution in [3.8, 4) is 0 Å². The lowest BCUT2D eigenvalue weighted by Gasteiger charge is -2.14. The zero-order chi connectivity index (χ0) is 10.2. The summed E-state index contributed by atoms with van der Waals surface area (Å²) in [4.78, 5) is 0. The fraction of sp³-hybridized carbons (Fsp3) is 0.833. The number of hydrogen-bond donors (Lipinski definition) is 1. The van der Waals surface area contributed by atoms with Crippen LogP contribution in [0.25, 0.3) is 0 Å².